The summed E-state index contributed by atoms with van der Waals surface area (Å²) < 4.78 is 22.3. The van der Waals surface area contributed by atoms with E-state index in [9.17, 15) is 0 Å². The van der Waals surface area contributed by atoms with Crippen molar-refractivity contribution in [3.63, 3.8) is 0 Å². The molecule has 2 aliphatic rings. The first-order valence-corrected chi connectivity index (χ1v) is 28.7. The standard InChI is InChI=1S/C79H53N5/c1-6-24-54(25-7-1)80(59-44-48-75-67(50-59)65-34-16-20-38-73(65)82(75)56-28-10-3-11-29-56)61-42-46-63-64-47-43-62(53-72(64)79(71(63)52-61)69-36-18-22-40-77(69)84(58-32-14-5-15-33-58)78-41-23-19-37-70(78)79)81(55-26-8-2-9-27-55)60-45-49-76-68(51-60)66-35-17-21-39-74(66)83(76)57-30-12-4-13-31-57/h1-53H/i16D,17D. The van der Waals surface area contributed by atoms with Crippen molar-refractivity contribution in [1.82, 2.24) is 9.13 Å². The molecule has 0 unspecified atom stereocenters. The first kappa shape index (κ1) is 45.6. The molecule has 0 N–H and O–H groups in total. The van der Waals surface area contributed by atoms with Gasteiger partial charge >= 0.3 is 0 Å². The fourth-order valence-electron chi connectivity index (χ4n) is 14.1. The molecule has 13 aromatic carbocycles. The van der Waals surface area contributed by atoms with Gasteiger partial charge < -0.3 is 23.8 Å². The van der Waals surface area contributed by atoms with Crippen LogP contribution < -0.4 is 14.7 Å². The highest BCUT2D eigenvalue weighted by molar-refractivity contribution is 6.12. The molecule has 5 heteroatoms. The topological polar surface area (TPSA) is 19.6 Å². The van der Waals surface area contributed by atoms with Crippen LogP contribution in [0.2, 0.25) is 0 Å². The van der Waals surface area contributed by atoms with Crippen LogP contribution in [0.3, 0.4) is 0 Å². The summed E-state index contributed by atoms with van der Waals surface area (Å²) in [6.07, 6.45) is 0. The van der Waals surface area contributed by atoms with Gasteiger partial charge in [0.2, 0.25) is 0 Å². The Hall–Kier alpha value is -11.1. The van der Waals surface area contributed by atoms with E-state index in [0.29, 0.717) is 12.1 Å². The molecule has 1 spiro atoms. The van der Waals surface area contributed by atoms with Crippen LogP contribution in [0.15, 0.2) is 321 Å². The number of aromatic nitrogens is 2. The van der Waals surface area contributed by atoms with E-state index in [4.69, 9.17) is 2.74 Å². The molecule has 0 amide bonds. The molecule has 5 nitrogen and oxygen atoms in total. The van der Waals surface area contributed by atoms with Gasteiger partial charge in [-0.25, -0.2) is 0 Å². The van der Waals surface area contributed by atoms with Crippen LogP contribution in [0.1, 0.15) is 25.0 Å². The third-order valence-electron chi connectivity index (χ3n) is 17.5. The van der Waals surface area contributed by atoms with E-state index in [2.05, 4.69) is 309 Å². The number of rotatable bonds is 9. The molecule has 0 saturated carbocycles. The number of fused-ring (bicyclic) bond motifs is 15. The minimum Gasteiger partial charge on any atom is -0.310 e. The number of anilines is 9. The van der Waals surface area contributed by atoms with Gasteiger partial charge in [-0.3, -0.25) is 0 Å². The van der Waals surface area contributed by atoms with Gasteiger partial charge in [0.25, 0.3) is 0 Å². The van der Waals surface area contributed by atoms with E-state index in [1.54, 1.807) is 0 Å². The molecule has 394 valence electrons. The maximum Gasteiger partial charge on any atom is 0.0755 e. The highest BCUT2D eigenvalue weighted by Crippen LogP contribution is 2.65. The molecule has 0 atom stereocenters. The lowest BCUT2D eigenvalue weighted by Crippen LogP contribution is -2.36. The molecule has 17 rings (SSSR count). The summed E-state index contributed by atoms with van der Waals surface area (Å²) in [4.78, 5) is 7.25. The summed E-state index contributed by atoms with van der Waals surface area (Å²) in [7, 11) is 0. The lowest BCUT2D eigenvalue weighted by atomic mass is 9.64. The SMILES string of the molecule is [2H]c1ccc2c(c1)c1cc(N(c3ccccc3)c3ccc4c(c3)C3(c5cc(N(c6ccccc6)c6ccc7c(c6)c6cc([2H])ccc6n7-c6ccccc6)ccc5-4)c4ccccc4N(c4ccccc4)c4ccccc43)ccc1n2-c1ccccc1. The van der Waals surface area contributed by atoms with E-state index in [-0.39, 0.29) is 0 Å². The molecule has 0 fully saturated rings. The van der Waals surface area contributed by atoms with Gasteiger partial charge in [-0.1, -0.05) is 176 Å². The average Bonchev–Trinajstić information content (AvgIpc) is 1.43. The molecule has 0 bridgehead atoms. The smallest absolute Gasteiger partial charge is 0.0755 e. The number of benzene rings is 13. The summed E-state index contributed by atoms with van der Waals surface area (Å²) in [6.45, 7) is 0. The van der Waals surface area contributed by atoms with Crippen LogP contribution in [-0.2, 0) is 5.41 Å². The molecule has 84 heavy (non-hydrogen) atoms. The zero-order chi connectivity index (χ0) is 57.0. The van der Waals surface area contributed by atoms with Crippen LogP contribution in [-0.4, -0.2) is 9.13 Å². The Morgan fingerprint density at radius 1 is 0.262 bits per heavy atom. The number of hydrogen-bond acceptors (Lipinski definition) is 3. The lowest BCUT2D eigenvalue weighted by Gasteiger charge is -2.45. The van der Waals surface area contributed by atoms with E-state index < -0.39 is 5.41 Å². The predicted octanol–water partition coefficient (Wildman–Crippen LogP) is 21.0. The fourth-order valence-corrected chi connectivity index (χ4v) is 14.1. The van der Waals surface area contributed by atoms with E-state index in [1.165, 1.54) is 33.4 Å². The maximum atomic E-state index is 8.84. The van der Waals surface area contributed by atoms with Crippen LogP contribution >= 0.6 is 0 Å². The summed E-state index contributed by atoms with van der Waals surface area (Å²) in [5, 5.41) is 4.23. The molecule has 1 aliphatic carbocycles. The van der Waals surface area contributed by atoms with Gasteiger partial charge in [-0.05, 0) is 179 Å². The Labute approximate surface area is 490 Å². The van der Waals surface area contributed by atoms with Crippen molar-refractivity contribution >= 4 is 94.8 Å². The van der Waals surface area contributed by atoms with Gasteiger partial charge in [-0.15, -0.1) is 0 Å². The second kappa shape index (κ2) is 19.0. The normalized spacial score (nSPS) is 13.2. The number of para-hydroxylation sites is 9. The van der Waals surface area contributed by atoms with Gasteiger partial charge in [-0.2, -0.15) is 0 Å². The summed E-state index contributed by atoms with van der Waals surface area (Å²) in [5.74, 6) is 0. The van der Waals surface area contributed by atoms with E-state index in [1.807, 2.05) is 24.3 Å². The monoisotopic (exact) mass is 1070 g/mol. The molecule has 2 aromatic heterocycles. The zero-order valence-electron chi connectivity index (χ0n) is 47.7. The van der Waals surface area contributed by atoms with Crippen LogP contribution in [0.5, 0.6) is 0 Å². The molecular formula is C79H53N5. The van der Waals surface area contributed by atoms with Crippen molar-refractivity contribution < 1.29 is 2.74 Å². The van der Waals surface area contributed by atoms with Gasteiger partial charge in [0.15, 0.2) is 0 Å². The minimum absolute atomic E-state index is 0.476. The number of hydrogen-bond donors (Lipinski definition) is 0. The van der Waals surface area contributed by atoms with Gasteiger partial charge in [0.1, 0.15) is 0 Å². The summed E-state index contributed by atoms with van der Waals surface area (Å²) in [5.41, 5.74) is 22.2. The molecule has 0 saturated heterocycles. The van der Waals surface area contributed by atoms with Crippen molar-refractivity contribution in [2.24, 2.45) is 0 Å². The molecular weight excluding hydrogens is 1020 g/mol. The second-order valence-corrected chi connectivity index (χ2v) is 21.9. The third-order valence-corrected chi connectivity index (χ3v) is 17.5. The minimum atomic E-state index is -0.810. The van der Waals surface area contributed by atoms with Crippen LogP contribution in [0.4, 0.5) is 51.2 Å². The highest BCUT2D eigenvalue weighted by Gasteiger charge is 2.52. The quantitative estimate of drug-likeness (QED) is 0.144. The van der Waals surface area contributed by atoms with Crippen molar-refractivity contribution in [3.05, 3.63) is 344 Å². The lowest BCUT2D eigenvalue weighted by molar-refractivity contribution is 0.752. The van der Waals surface area contributed by atoms with E-state index in [0.717, 1.165) is 106 Å². The van der Waals surface area contributed by atoms with Crippen LogP contribution in [0.25, 0.3) is 66.1 Å². The van der Waals surface area contributed by atoms with Crippen molar-refractivity contribution in [2.45, 2.75) is 5.41 Å². The highest BCUT2D eigenvalue weighted by atomic mass is 15.2. The molecule has 0 radical (unpaired) electrons. The Morgan fingerprint density at radius 3 is 1.06 bits per heavy atom. The molecule has 15 aromatic rings. The van der Waals surface area contributed by atoms with Crippen molar-refractivity contribution in [2.75, 3.05) is 14.7 Å². The Morgan fingerprint density at radius 2 is 0.619 bits per heavy atom. The largest absolute Gasteiger partial charge is 0.310 e. The summed E-state index contributed by atoms with van der Waals surface area (Å²) in [6, 6.07) is 112. The van der Waals surface area contributed by atoms with E-state index >= 15 is 0 Å². The molecule has 3 heterocycles. The summed E-state index contributed by atoms with van der Waals surface area (Å²) >= 11 is 0. The van der Waals surface area contributed by atoms with Crippen molar-refractivity contribution in [1.29, 1.82) is 0 Å². The molecule has 1 aliphatic heterocycles. The Balaban J connectivity index is 0.913. The predicted molar refractivity (Wildman–Crippen MR) is 350 cm³/mol. The second-order valence-electron chi connectivity index (χ2n) is 21.9. The number of nitrogens with zero attached hydrogens (tertiary/aromatic N) is 5. The third kappa shape index (κ3) is 7.09. The zero-order valence-corrected chi connectivity index (χ0v) is 45.7. The first-order valence-electron chi connectivity index (χ1n) is 29.7. The Bertz CT molecular complexity index is 4850. The first-order chi connectivity index (χ1) is 42.5. The fraction of sp³-hybridized carbons (Fsp3) is 0.0127. The van der Waals surface area contributed by atoms with Gasteiger partial charge in [0.05, 0.1) is 41.6 Å². The maximum absolute atomic E-state index is 8.84. The van der Waals surface area contributed by atoms with Gasteiger partial charge in [0, 0.05) is 72.7 Å². The van der Waals surface area contributed by atoms with Crippen molar-refractivity contribution in [3.8, 4) is 22.5 Å². The average molecular weight is 1070 g/mol. The Kier molecular flexibility index (Phi) is 10.3. The van der Waals surface area contributed by atoms with Crippen LogP contribution in [0, 0.1) is 0 Å².